The van der Waals surface area contributed by atoms with Crippen LogP contribution >= 0.6 is 0 Å². The Balaban J connectivity index is 2.50. The molecule has 0 aromatic heterocycles. The molecule has 0 unspecified atom stereocenters. The average molecular weight is 171 g/mol. The van der Waals surface area contributed by atoms with E-state index >= 15 is 0 Å². The molecule has 0 aromatic rings. The second kappa shape index (κ2) is 3.05. The highest BCUT2D eigenvalue weighted by Gasteiger charge is 2.58. The van der Waals surface area contributed by atoms with Gasteiger partial charge in [0.1, 0.15) is 0 Å². The summed E-state index contributed by atoms with van der Waals surface area (Å²) >= 11 is 0. The van der Waals surface area contributed by atoms with Crippen LogP contribution in [0.4, 0.5) is 0 Å². The summed E-state index contributed by atoms with van der Waals surface area (Å²) in [6.07, 6.45) is 1.76. The first kappa shape index (κ1) is 9.52. The number of carbonyl (C=O) groups is 1. The van der Waals surface area contributed by atoms with Crippen molar-refractivity contribution in [1.82, 2.24) is 0 Å². The van der Waals surface area contributed by atoms with Gasteiger partial charge in [-0.1, -0.05) is 13.8 Å². The number of aliphatic carboxylic acids is 1. The van der Waals surface area contributed by atoms with Crippen molar-refractivity contribution in [3.05, 3.63) is 0 Å². The number of carboxylic acid groups (broad SMARTS) is 1. The summed E-state index contributed by atoms with van der Waals surface area (Å²) in [6.45, 7) is 4.52. The van der Waals surface area contributed by atoms with E-state index in [9.17, 15) is 4.79 Å². The first-order chi connectivity index (χ1) is 5.53. The van der Waals surface area contributed by atoms with Gasteiger partial charge < -0.3 is 10.8 Å². The van der Waals surface area contributed by atoms with Crippen LogP contribution in [0.15, 0.2) is 0 Å². The molecule has 1 aliphatic rings. The number of carboxylic acids is 1. The molecule has 2 atom stereocenters. The minimum absolute atomic E-state index is 0.291. The summed E-state index contributed by atoms with van der Waals surface area (Å²) in [5, 5.41) is 8.91. The van der Waals surface area contributed by atoms with Gasteiger partial charge in [0.25, 0.3) is 0 Å². The van der Waals surface area contributed by atoms with Gasteiger partial charge in [-0.25, -0.2) is 0 Å². The lowest BCUT2D eigenvalue weighted by Gasteiger charge is -2.09. The second-order valence-corrected chi connectivity index (χ2v) is 4.20. The lowest BCUT2D eigenvalue weighted by molar-refractivity contribution is -0.143. The normalized spacial score (nSPS) is 33.8. The first-order valence-electron chi connectivity index (χ1n) is 4.46. The summed E-state index contributed by atoms with van der Waals surface area (Å²) in [4.78, 5) is 10.8. The predicted molar refractivity (Wildman–Crippen MR) is 46.7 cm³/mol. The third-order valence-electron chi connectivity index (χ3n) is 2.78. The number of nitrogens with two attached hydrogens (primary N) is 1. The van der Waals surface area contributed by atoms with Crippen molar-refractivity contribution in [2.24, 2.45) is 23.0 Å². The second-order valence-electron chi connectivity index (χ2n) is 4.20. The third-order valence-corrected chi connectivity index (χ3v) is 2.78. The van der Waals surface area contributed by atoms with Crippen LogP contribution in [0.2, 0.25) is 0 Å². The van der Waals surface area contributed by atoms with E-state index < -0.39 is 11.4 Å². The Kier molecular flexibility index (Phi) is 2.42. The molecule has 0 aromatic carbocycles. The van der Waals surface area contributed by atoms with Crippen LogP contribution in [0.25, 0.3) is 0 Å². The van der Waals surface area contributed by atoms with Gasteiger partial charge in [0.15, 0.2) is 0 Å². The van der Waals surface area contributed by atoms with E-state index in [1.165, 1.54) is 0 Å². The Bertz CT molecular complexity index is 191. The molecule has 70 valence electrons. The van der Waals surface area contributed by atoms with Crippen molar-refractivity contribution in [3.63, 3.8) is 0 Å². The molecule has 3 nitrogen and oxygen atoms in total. The van der Waals surface area contributed by atoms with Gasteiger partial charge in [-0.2, -0.15) is 0 Å². The zero-order valence-electron chi connectivity index (χ0n) is 7.71. The Labute approximate surface area is 72.9 Å². The van der Waals surface area contributed by atoms with Crippen molar-refractivity contribution >= 4 is 5.97 Å². The quantitative estimate of drug-likeness (QED) is 0.665. The molecule has 12 heavy (non-hydrogen) atoms. The Morgan fingerprint density at radius 1 is 1.75 bits per heavy atom. The predicted octanol–water partition coefficient (Wildman–Crippen LogP) is 1.08. The van der Waals surface area contributed by atoms with E-state index in [-0.39, 0.29) is 0 Å². The largest absolute Gasteiger partial charge is 0.481 e. The van der Waals surface area contributed by atoms with E-state index in [1.54, 1.807) is 0 Å². The molecule has 1 aliphatic carbocycles. The van der Waals surface area contributed by atoms with Crippen molar-refractivity contribution in [2.75, 3.05) is 6.54 Å². The highest BCUT2D eigenvalue weighted by Crippen LogP contribution is 2.54. The van der Waals surface area contributed by atoms with Gasteiger partial charge in [-0.05, 0) is 24.7 Å². The molecular formula is C9H17NO2. The molecule has 0 radical (unpaired) electrons. The lowest BCUT2D eigenvalue weighted by Crippen LogP contribution is -2.27. The van der Waals surface area contributed by atoms with E-state index in [0.717, 1.165) is 12.8 Å². The molecule has 1 saturated carbocycles. The molecule has 0 bridgehead atoms. The first-order valence-corrected chi connectivity index (χ1v) is 4.46. The average Bonchev–Trinajstić information content (AvgIpc) is 2.62. The van der Waals surface area contributed by atoms with Crippen LogP contribution in [0.5, 0.6) is 0 Å². The van der Waals surface area contributed by atoms with Crippen LogP contribution in [-0.4, -0.2) is 17.6 Å². The topological polar surface area (TPSA) is 63.3 Å². The smallest absolute Gasteiger partial charge is 0.311 e. The van der Waals surface area contributed by atoms with Gasteiger partial charge in [-0.15, -0.1) is 0 Å². The number of hydrogen-bond donors (Lipinski definition) is 2. The van der Waals surface area contributed by atoms with Gasteiger partial charge in [0.2, 0.25) is 0 Å². The van der Waals surface area contributed by atoms with Gasteiger partial charge in [0.05, 0.1) is 5.41 Å². The maximum absolute atomic E-state index is 10.8. The Morgan fingerprint density at radius 2 is 2.33 bits per heavy atom. The highest BCUT2D eigenvalue weighted by atomic mass is 16.4. The zero-order valence-corrected chi connectivity index (χ0v) is 7.71. The van der Waals surface area contributed by atoms with E-state index in [1.807, 2.05) is 0 Å². The summed E-state index contributed by atoms with van der Waals surface area (Å²) in [5.41, 5.74) is 4.89. The van der Waals surface area contributed by atoms with Crippen molar-refractivity contribution in [1.29, 1.82) is 0 Å². The molecule has 3 N–H and O–H groups in total. The molecule has 0 heterocycles. The summed E-state index contributed by atoms with van der Waals surface area (Å²) < 4.78 is 0. The summed E-state index contributed by atoms with van der Waals surface area (Å²) in [7, 11) is 0. The molecule has 1 rings (SSSR count). The van der Waals surface area contributed by atoms with E-state index in [2.05, 4.69) is 13.8 Å². The van der Waals surface area contributed by atoms with Crippen LogP contribution in [0.3, 0.4) is 0 Å². The van der Waals surface area contributed by atoms with Crippen molar-refractivity contribution in [2.45, 2.75) is 26.7 Å². The van der Waals surface area contributed by atoms with Crippen LogP contribution in [0, 0.1) is 17.3 Å². The van der Waals surface area contributed by atoms with Crippen molar-refractivity contribution < 1.29 is 9.90 Å². The van der Waals surface area contributed by atoms with E-state index in [4.69, 9.17) is 10.8 Å². The fraction of sp³-hybridized carbons (Fsp3) is 0.889. The molecule has 0 aliphatic heterocycles. The summed E-state index contributed by atoms with van der Waals surface area (Å²) in [5.74, 6) is 0.179. The molecule has 0 amide bonds. The maximum atomic E-state index is 10.8. The monoisotopic (exact) mass is 171 g/mol. The van der Waals surface area contributed by atoms with Gasteiger partial charge >= 0.3 is 5.97 Å². The lowest BCUT2D eigenvalue weighted by atomic mass is 9.98. The molecule has 0 saturated heterocycles. The Hall–Kier alpha value is -0.570. The van der Waals surface area contributed by atoms with Gasteiger partial charge in [-0.3, -0.25) is 4.79 Å². The number of rotatable bonds is 4. The maximum Gasteiger partial charge on any atom is 0.311 e. The zero-order chi connectivity index (χ0) is 9.35. The van der Waals surface area contributed by atoms with Crippen molar-refractivity contribution in [3.8, 4) is 0 Å². The summed E-state index contributed by atoms with van der Waals surface area (Å²) in [6, 6.07) is 0. The molecule has 0 spiro atoms. The molecular weight excluding hydrogens is 154 g/mol. The van der Waals surface area contributed by atoms with E-state index in [0.29, 0.717) is 18.4 Å². The van der Waals surface area contributed by atoms with Crippen LogP contribution in [-0.2, 0) is 4.79 Å². The van der Waals surface area contributed by atoms with Gasteiger partial charge in [0, 0.05) is 6.54 Å². The SMILES string of the molecule is CC(C)C[C@H]1C[C@]1(CN)C(=O)O. The third kappa shape index (κ3) is 1.46. The number of hydrogen-bond acceptors (Lipinski definition) is 2. The van der Waals surface area contributed by atoms with Crippen LogP contribution < -0.4 is 5.73 Å². The fourth-order valence-corrected chi connectivity index (χ4v) is 1.86. The van der Waals surface area contributed by atoms with Crippen LogP contribution in [0.1, 0.15) is 26.7 Å². The standard InChI is InChI=1S/C9H17NO2/c1-6(2)3-7-4-9(7,5-10)8(11)12/h6-7H,3-5,10H2,1-2H3,(H,11,12)/t7-,9+/m0/s1. The minimum atomic E-state index is -0.712. The minimum Gasteiger partial charge on any atom is -0.481 e. The molecule has 1 fully saturated rings. The highest BCUT2D eigenvalue weighted by molar-refractivity contribution is 5.78. The Morgan fingerprint density at radius 3 is 2.58 bits per heavy atom. The molecule has 3 heteroatoms. The fourth-order valence-electron chi connectivity index (χ4n) is 1.86.